The molecule has 2 heterocycles. The number of likely N-dealkylation sites (tertiary alicyclic amines) is 1. The van der Waals surface area contributed by atoms with E-state index < -0.39 is 9.84 Å². The van der Waals surface area contributed by atoms with E-state index in [4.69, 9.17) is 0 Å². The summed E-state index contributed by atoms with van der Waals surface area (Å²) in [6, 6.07) is 2.63. The van der Waals surface area contributed by atoms with E-state index in [0.717, 1.165) is 38.4 Å². The molecule has 1 aliphatic heterocycles. The molecule has 27 heavy (non-hydrogen) atoms. The smallest absolute Gasteiger partial charge is 0.191 e. The molecule has 0 atom stereocenters. The summed E-state index contributed by atoms with van der Waals surface area (Å²) in [5.41, 5.74) is 1.30. The van der Waals surface area contributed by atoms with Crippen molar-refractivity contribution >= 4 is 27.1 Å². The zero-order chi connectivity index (χ0) is 19.9. The molecule has 1 aromatic heterocycles. The predicted octanol–water partition coefficient (Wildman–Crippen LogP) is 2.34. The van der Waals surface area contributed by atoms with Crippen LogP contribution in [0.4, 0.5) is 0 Å². The molecule has 0 aliphatic carbocycles. The lowest BCUT2D eigenvalue weighted by atomic mass is 9.90. The third kappa shape index (κ3) is 8.62. The van der Waals surface area contributed by atoms with Crippen LogP contribution in [-0.2, 0) is 16.4 Å². The van der Waals surface area contributed by atoms with Gasteiger partial charge in [-0.25, -0.2) is 8.42 Å². The quantitative estimate of drug-likeness (QED) is 0.505. The van der Waals surface area contributed by atoms with Crippen LogP contribution < -0.4 is 10.6 Å². The maximum atomic E-state index is 11.4. The second-order valence-corrected chi connectivity index (χ2v) is 11.3. The molecule has 1 fully saturated rings. The molecule has 0 bridgehead atoms. The topological polar surface area (TPSA) is 73.8 Å². The fraction of sp³-hybridized carbons (Fsp3) is 0.737. The van der Waals surface area contributed by atoms with Crippen molar-refractivity contribution in [2.75, 3.05) is 38.7 Å². The summed E-state index contributed by atoms with van der Waals surface area (Å²) >= 11 is 1.76. The molecule has 0 amide bonds. The average molecular weight is 415 g/mol. The highest BCUT2D eigenvalue weighted by Crippen LogP contribution is 2.20. The Kier molecular flexibility index (Phi) is 8.12. The van der Waals surface area contributed by atoms with Gasteiger partial charge in [0.05, 0.1) is 5.75 Å². The van der Waals surface area contributed by atoms with E-state index in [1.807, 2.05) is 0 Å². The minimum absolute atomic E-state index is 0.107. The van der Waals surface area contributed by atoms with Crippen LogP contribution in [0, 0.1) is 5.41 Å². The molecule has 0 aromatic carbocycles. The molecular weight excluding hydrogens is 380 g/mol. The van der Waals surface area contributed by atoms with Gasteiger partial charge in [0.15, 0.2) is 5.96 Å². The maximum absolute atomic E-state index is 11.4. The number of rotatable bonds is 8. The van der Waals surface area contributed by atoms with Crippen LogP contribution >= 0.6 is 11.3 Å². The molecule has 0 unspecified atom stereocenters. The lowest BCUT2D eigenvalue weighted by Crippen LogP contribution is -2.50. The highest BCUT2D eigenvalue weighted by molar-refractivity contribution is 7.90. The number of hydrogen-bond acceptors (Lipinski definition) is 5. The van der Waals surface area contributed by atoms with Crippen molar-refractivity contribution in [1.82, 2.24) is 15.5 Å². The Labute approximate surface area is 168 Å². The summed E-state index contributed by atoms with van der Waals surface area (Å²) in [7, 11) is -1.14. The van der Waals surface area contributed by atoms with E-state index in [0.29, 0.717) is 19.0 Å². The molecule has 1 saturated heterocycles. The Bertz CT molecular complexity index is 691. The first-order valence-corrected chi connectivity index (χ1v) is 12.6. The number of aliphatic imine (C=N–C) groups is 1. The third-order valence-electron chi connectivity index (χ3n) is 5.02. The molecular formula is C19H34N4O2S2. The van der Waals surface area contributed by atoms with Crippen LogP contribution in [0.5, 0.6) is 0 Å². The van der Waals surface area contributed by atoms with E-state index in [-0.39, 0.29) is 11.2 Å². The molecule has 0 radical (unpaired) electrons. The molecule has 1 aromatic rings. The van der Waals surface area contributed by atoms with Gasteiger partial charge in [-0.2, -0.15) is 11.3 Å². The zero-order valence-corrected chi connectivity index (χ0v) is 18.6. The first-order chi connectivity index (χ1) is 12.7. The van der Waals surface area contributed by atoms with Crippen LogP contribution in [0.25, 0.3) is 0 Å². The van der Waals surface area contributed by atoms with Gasteiger partial charge in [-0.1, -0.05) is 13.8 Å². The Morgan fingerprint density at radius 1 is 1.37 bits per heavy atom. The normalized spacial score (nSPS) is 17.9. The van der Waals surface area contributed by atoms with Crippen molar-refractivity contribution < 1.29 is 8.42 Å². The molecule has 0 saturated carbocycles. The number of nitrogens with zero attached hydrogens (tertiary/aromatic N) is 2. The minimum atomic E-state index is -2.93. The van der Waals surface area contributed by atoms with Gasteiger partial charge < -0.3 is 10.6 Å². The van der Waals surface area contributed by atoms with Crippen molar-refractivity contribution in [2.24, 2.45) is 10.4 Å². The monoisotopic (exact) mass is 414 g/mol. The SMILES string of the molecule is CN=C(NCC(C)(C)CCS(C)(=O)=O)NC1CCN(Cc2ccsc2)CC1. The van der Waals surface area contributed by atoms with Crippen LogP contribution in [0.2, 0.25) is 0 Å². The van der Waals surface area contributed by atoms with Gasteiger partial charge in [0.2, 0.25) is 0 Å². The van der Waals surface area contributed by atoms with Crippen LogP contribution in [0.15, 0.2) is 21.8 Å². The highest BCUT2D eigenvalue weighted by atomic mass is 32.2. The van der Waals surface area contributed by atoms with Crippen LogP contribution in [0.3, 0.4) is 0 Å². The van der Waals surface area contributed by atoms with Gasteiger partial charge in [-0.15, -0.1) is 0 Å². The van der Waals surface area contributed by atoms with Crippen LogP contribution in [-0.4, -0.2) is 64.0 Å². The number of sulfone groups is 1. The van der Waals surface area contributed by atoms with Gasteiger partial charge in [0, 0.05) is 45.5 Å². The lowest BCUT2D eigenvalue weighted by Gasteiger charge is -2.33. The Morgan fingerprint density at radius 2 is 2.07 bits per heavy atom. The van der Waals surface area contributed by atoms with E-state index >= 15 is 0 Å². The standard InChI is InChI=1S/C19H34N4O2S2/c1-19(2,8-12-27(4,24)25)15-21-18(20-3)22-17-5-9-23(10-6-17)13-16-7-11-26-14-16/h7,11,14,17H,5-6,8-10,12-13,15H2,1-4H3,(H2,20,21,22). The van der Waals surface area contributed by atoms with Crippen molar-refractivity contribution in [3.05, 3.63) is 22.4 Å². The van der Waals surface area contributed by atoms with Gasteiger partial charge in [0.25, 0.3) is 0 Å². The molecule has 154 valence electrons. The fourth-order valence-corrected chi connectivity index (χ4v) is 4.72. The van der Waals surface area contributed by atoms with Crippen molar-refractivity contribution in [3.63, 3.8) is 0 Å². The number of piperidine rings is 1. The lowest BCUT2D eigenvalue weighted by molar-refractivity contribution is 0.198. The first-order valence-electron chi connectivity index (χ1n) is 9.55. The molecule has 2 rings (SSSR count). The average Bonchev–Trinajstić information content (AvgIpc) is 3.11. The number of thiophene rings is 1. The molecule has 0 spiro atoms. The summed E-state index contributed by atoms with van der Waals surface area (Å²) in [6.07, 6.45) is 4.13. The van der Waals surface area contributed by atoms with Crippen molar-refractivity contribution in [2.45, 2.75) is 45.7 Å². The Morgan fingerprint density at radius 3 is 2.63 bits per heavy atom. The van der Waals surface area contributed by atoms with Crippen molar-refractivity contribution in [1.29, 1.82) is 0 Å². The molecule has 2 N–H and O–H groups in total. The van der Waals surface area contributed by atoms with E-state index in [1.54, 1.807) is 18.4 Å². The van der Waals surface area contributed by atoms with Gasteiger partial charge >= 0.3 is 0 Å². The van der Waals surface area contributed by atoms with E-state index in [9.17, 15) is 8.42 Å². The third-order valence-corrected chi connectivity index (χ3v) is 6.70. The van der Waals surface area contributed by atoms with Crippen molar-refractivity contribution in [3.8, 4) is 0 Å². The number of guanidine groups is 1. The van der Waals surface area contributed by atoms with E-state index in [2.05, 4.69) is 51.2 Å². The minimum Gasteiger partial charge on any atom is -0.356 e. The van der Waals surface area contributed by atoms with Gasteiger partial charge in [-0.3, -0.25) is 9.89 Å². The predicted molar refractivity (Wildman–Crippen MR) is 115 cm³/mol. The Balaban J connectivity index is 1.72. The summed E-state index contributed by atoms with van der Waals surface area (Å²) in [4.78, 5) is 6.84. The van der Waals surface area contributed by atoms with Gasteiger partial charge in [0.1, 0.15) is 9.84 Å². The van der Waals surface area contributed by atoms with Gasteiger partial charge in [-0.05, 0) is 47.1 Å². The number of nitrogens with one attached hydrogen (secondary N) is 2. The van der Waals surface area contributed by atoms with Crippen LogP contribution in [0.1, 0.15) is 38.7 Å². The molecule has 1 aliphatic rings. The first kappa shape index (κ1) is 22.2. The summed E-state index contributed by atoms with van der Waals surface area (Å²) in [5, 5.41) is 11.3. The summed E-state index contributed by atoms with van der Waals surface area (Å²) in [6.45, 7) is 8.08. The summed E-state index contributed by atoms with van der Waals surface area (Å²) < 4.78 is 22.8. The summed E-state index contributed by atoms with van der Waals surface area (Å²) in [5.74, 6) is 1.02. The second-order valence-electron chi connectivity index (χ2n) is 8.30. The maximum Gasteiger partial charge on any atom is 0.191 e. The zero-order valence-electron chi connectivity index (χ0n) is 17.0. The number of hydrogen-bond donors (Lipinski definition) is 2. The largest absolute Gasteiger partial charge is 0.356 e. The molecule has 6 nitrogen and oxygen atoms in total. The highest BCUT2D eigenvalue weighted by Gasteiger charge is 2.23. The molecule has 8 heteroatoms. The second kappa shape index (κ2) is 9.89. The van der Waals surface area contributed by atoms with E-state index in [1.165, 1.54) is 11.8 Å². The fourth-order valence-electron chi connectivity index (χ4n) is 3.14. The Hall–Kier alpha value is -1.12.